The van der Waals surface area contributed by atoms with E-state index < -0.39 is 11.9 Å². The van der Waals surface area contributed by atoms with Crippen LogP contribution in [0.1, 0.15) is 48.1 Å². The third-order valence-corrected chi connectivity index (χ3v) is 5.23. The van der Waals surface area contributed by atoms with Gasteiger partial charge in [-0.1, -0.05) is 0 Å². The molecular formula is C19H21F3N6O. The van der Waals surface area contributed by atoms with Gasteiger partial charge in [0.2, 0.25) is 5.91 Å². The van der Waals surface area contributed by atoms with Crippen molar-refractivity contribution in [1.29, 1.82) is 0 Å². The Morgan fingerprint density at radius 2 is 2.03 bits per heavy atom. The molecule has 1 atom stereocenters. The molecule has 0 radical (unpaired) electrons. The Kier molecular flexibility index (Phi) is 4.79. The lowest BCUT2D eigenvalue weighted by atomic mass is 10.1. The molecule has 4 heterocycles. The van der Waals surface area contributed by atoms with Crippen LogP contribution >= 0.6 is 0 Å². The lowest BCUT2D eigenvalue weighted by molar-refractivity contribution is -0.141. The first-order chi connectivity index (χ1) is 13.7. The van der Waals surface area contributed by atoms with Crippen molar-refractivity contribution in [3.63, 3.8) is 0 Å². The molecule has 0 N–H and O–H groups in total. The molecule has 0 bridgehead atoms. The van der Waals surface area contributed by atoms with Crippen molar-refractivity contribution in [3.8, 4) is 0 Å². The molecule has 1 aliphatic rings. The summed E-state index contributed by atoms with van der Waals surface area (Å²) in [6.45, 7) is 4.16. The highest BCUT2D eigenvalue weighted by atomic mass is 19.4. The number of aryl methyl sites for hydroxylation is 3. The van der Waals surface area contributed by atoms with Crippen molar-refractivity contribution in [2.75, 3.05) is 6.54 Å². The number of halogens is 3. The minimum Gasteiger partial charge on any atom is -0.334 e. The third-order valence-electron chi connectivity index (χ3n) is 5.23. The molecule has 4 rings (SSSR count). The number of amides is 1. The van der Waals surface area contributed by atoms with Gasteiger partial charge < -0.3 is 4.90 Å². The van der Waals surface area contributed by atoms with Crippen LogP contribution < -0.4 is 0 Å². The summed E-state index contributed by atoms with van der Waals surface area (Å²) in [4.78, 5) is 19.0. The van der Waals surface area contributed by atoms with Crippen molar-refractivity contribution in [3.05, 3.63) is 47.2 Å². The molecule has 3 aromatic heterocycles. The summed E-state index contributed by atoms with van der Waals surface area (Å²) in [5.41, 5.74) is 1.91. The van der Waals surface area contributed by atoms with E-state index in [0.717, 1.165) is 35.9 Å². The maximum Gasteiger partial charge on any atom is 0.435 e. The summed E-state index contributed by atoms with van der Waals surface area (Å²) in [5.74, 6) is -0.107. The summed E-state index contributed by atoms with van der Waals surface area (Å²) in [7, 11) is 0. The van der Waals surface area contributed by atoms with E-state index in [1.54, 1.807) is 22.5 Å². The van der Waals surface area contributed by atoms with Gasteiger partial charge in [-0.15, -0.1) is 0 Å². The van der Waals surface area contributed by atoms with E-state index in [1.165, 1.54) is 4.68 Å². The van der Waals surface area contributed by atoms with Gasteiger partial charge >= 0.3 is 6.18 Å². The molecule has 1 saturated heterocycles. The number of alkyl halides is 3. The minimum absolute atomic E-state index is 0.0860. The third kappa shape index (κ3) is 3.70. The number of carbonyl (C=O) groups excluding carboxylic acids is 1. The van der Waals surface area contributed by atoms with E-state index in [2.05, 4.69) is 15.2 Å². The zero-order valence-corrected chi connectivity index (χ0v) is 16.1. The molecule has 0 aromatic carbocycles. The summed E-state index contributed by atoms with van der Waals surface area (Å²) in [6, 6.07) is 4.61. The number of likely N-dealkylation sites (tertiary alicyclic amines) is 1. The van der Waals surface area contributed by atoms with Gasteiger partial charge in [0, 0.05) is 37.5 Å². The second-order valence-electron chi connectivity index (χ2n) is 7.31. The Labute approximate surface area is 165 Å². The van der Waals surface area contributed by atoms with Gasteiger partial charge in [-0.05, 0) is 38.8 Å². The van der Waals surface area contributed by atoms with Gasteiger partial charge in [0.15, 0.2) is 11.3 Å². The van der Waals surface area contributed by atoms with E-state index in [9.17, 15) is 18.0 Å². The van der Waals surface area contributed by atoms with Crippen LogP contribution in [0.5, 0.6) is 0 Å². The second-order valence-corrected chi connectivity index (χ2v) is 7.31. The molecule has 0 spiro atoms. The van der Waals surface area contributed by atoms with E-state index in [-0.39, 0.29) is 24.9 Å². The number of fused-ring (bicyclic) bond motifs is 1. The molecule has 1 fully saturated rings. The molecule has 10 heteroatoms. The molecule has 0 saturated carbocycles. The molecule has 0 unspecified atom stereocenters. The Morgan fingerprint density at radius 1 is 1.24 bits per heavy atom. The summed E-state index contributed by atoms with van der Waals surface area (Å²) < 4.78 is 41.5. The van der Waals surface area contributed by atoms with Crippen LogP contribution in [0.2, 0.25) is 0 Å². The van der Waals surface area contributed by atoms with E-state index in [1.807, 2.05) is 19.1 Å². The quantitative estimate of drug-likeness (QED) is 0.667. The largest absolute Gasteiger partial charge is 0.435 e. The monoisotopic (exact) mass is 406 g/mol. The highest BCUT2D eigenvalue weighted by Gasteiger charge is 2.35. The molecule has 154 valence electrons. The van der Waals surface area contributed by atoms with Crippen LogP contribution in [0.4, 0.5) is 13.2 Å². The highest BCUT2D eigenvalue weighted by molar-refractivity contribution is 5.77. The molecule has 1 aliphatic heterocycles. The van der Waals surface area contributed by atoms with Crippen molar-refractivity contribution >= 4 is 11.6 Å². The maximum absolute atomic E-state index is 12.9. The van der Waals surface area contributed by atoms with Gasteiger partial charge in [-0.2, -0.15) is 23.4 Å². The lowest BCUT2D eigenvalue weighted by Crippen LogP contribution is -2.32. The van der Waals surface area contributed by atoms with Gasteiger partial charge in [-0.25, -0.2) is 9.50 Å². The summed E-state index contributed by atoms with van der Waals surface area (Å²) in [5, 5.41) is 8.08. The zero-order chi connectivity index (χ0) is 20.8. The van der Waals surface area contributed by atoms with Gasteiger partial charge in [0.25, 0.3) is 0 Å². The Balaban J connectivity index is 1.51. The number of aromatic nitrogens is 5. The van der Waals surface area contributed by atoms with Crippen LogP contribution in [0, 0.1) is 13.8 Å². The molecule has 0 aliphatic carbocycles. The number of hydrogen-bond acceptors (Lipinski definition) is 4. The zero-order valence-electron chi connectivity index (χ0n) is 16.1. The van der Waals surface area contributed by atoms with Crippen LogP contribution in [0.3, 0.4) is 0 Å². The average Bonchev–Trinajstić information content (AvgIpc) is 3.35. The number of hydrogen-bond donors (Lipinski definition) is 0. The minimum atomic E-state index is -4.49. The summed E-state index contributed by atoms with van der Waals surface area (Å²) >= 11 is 0. The van der Waals surface area contributed by atoms with Crippen molar-refractivity contribution in [2.45, 2.75) is 51.9 Å². The topological polar surface area (TPSA) is 68.3 Å². The maximum atomic E-state index is 12.9. The van der Waals surface area contributed by atoms with E-state index in [0.29, 0.717) is 12.2 Å². The normalized spacial score (nSPS) is 17.4. The van der Waals surface area contributed by atoms with Crippen molar-refractivity contribution in [1.82, 2.24) is 29.3 Å². The molecule has 7 nitrogen and oxygen atoms in total. The first-order valence-electron chi connectivity index (χ1n) is 9.46. The summed E-state index contributed by atoms with van der Waals surface area (Å²) in [6.07, 6.45) is -1.03. The first-order valence-corrected chi connectivity index (χ1v) is 9.46. The Bertz CT molecular complexity index is 1050. The lowest BCUT2D eigenvalue weighted by Gasteiger charge is -2.25. The van der Waals surface area contributed by atoms with Crippen molar-refractivity contribution < 1.29 is 18.0 Å². The number of rotatable bonds is 4. The Hall–Kier alpha value is -2.91. The van der Waals surface area contributed by atoms with Crippen LogP contribution in [0.15, 0.2) is 24.4 Å². The molecule has 3 aromatic rings. The van der Waals surface area contributed by atoms with Gasteiger partial charge in [0.05, 0.1) is 17.4 Å². The smallest absolute Gasteiger partial charge is 0.334 e. The second kappa shape index (κ2) is 7.16. The Morgan fingerprint density at radius 3 is 2.76 bits per heavy atom. The van der Waals surface area contributed by atoms with Crippen LogP contribution in [-0.4, -0.2) is 41.7 Å². The predicted octanol–water partition coefficient (Wildman–Crippen LogP) is 3.32. The molecular weight excluding hydrogens is 385 g/mol. The SMILES string of the molecule is Cc1cc2nccc([C@H]3CCCN3C(=O)CCn3nc(C(F)(F)F)cc3C)n2n1. The fraction of sp³-hybridized carbons (Fsp3) is 0.474. The fourth-order valence-corrected chi connectivity index (χ4v) is 3.87. The first kappa shape index (κ1) is 19.4. The predicted molar refractivity (Wildman–Crippen MR) is 98.0 cm³/mol. The number of carbonyl (C=O) groups is 1. The van der Waals surface area contributed by atoms with Crippen LogP contribution in [-0.2, 0) is 17.5 Å². The van der Waals surface area contributed by atoms with Gasteiger partial charge in [0.1, 0.15) is 0 Å². The van der Waals surface area contributed by atoms with E-state index >= 15 is 0 Å². The van der Waals surface area contributed by atoms with Crippen molar-refractivity contribution in [2.24, 2.45) is 0 Å². The highest BCUT2D eigenvalue weighted by Crippen LogP contribution is 2.33. The standard InChI is InChI=1S/C19H21F3N6O/c1-12-10-17-23-7-5-15(28(17)24-12)14-4-3-8-26(14)18(29)6-9-27-13(2)11-16(25-27)19(20,21)22/h5,7,10-11,14H,3-4,6,8-9H2,1-2H3/t14-/m1/s1. The molecule has 1 amide bonds. The average molecular weight is 406 g/mol. The molecule has 29 heavy (non-hydrogen) atoms. The van der Waals surface area contributed by atoms with Gasteiger partial charge in [-0.3, -0.25) is 9.48 Å². The number of nitrogens with zero attached hydrogens (tertiary/aromatic N) is 6. The van der Waals surface area contributed by atoms with Crippen LogP contribution in [0.25, 0.3) is 5.65 Å². The fourth-order valence-electron chi connectivity index (χ4n) is 3.87. The van der Waals surface area contributed by atoms with E-state index in [4.69, 9.17) is 0 Å².